The molecule has 20 heavy (non-hydrogen) atoms. The Balaban J connectivity index is 2.26. The van der Waals surface area contributed by atoms with Gasteiger partial charge in [-0.2, -0.15) is 0 Å². The molecule has 5 heteroatoms. The van der Waals surface area contributed by atoms with E-state index in [2.05, 4.69) is 16.8 Å². The van der Waals surface area contributed by atoms with Crippen molar-refractivity contribution in [1.82, 2.24) is 9.55 Å². The summed E-state index contributed by atoms with van der Waals surface area (Å²) in [6.07, 6.45) is 9.15. The minimum absolute atomic E-state index is 0.0122. The number of nitrogens with zero attached hydrogens (tertiary/aromatic N) is 3. The first-order valence-electron chi connectivity index (χ1n) is 7.67. The predicted molar refractivity (Wildman–Crippen MR) is 82.0 cm³/mol. The normalized spacial score (nSPS) is 22.8. The van der Waals surface area contributed by atoms with Crippen molar-refractivity contribution in [1.29, 1.82) is 0 Å². The highest BCUT2D eigenvalue weighted by Gasteiger charge is 2.29. The molecule has 2 atom stereocenters. The quantitative estimate of drug-likeness (QED) is 0.888. The van der Waals surface area contributed by atoms with E-state index in [0.717, 1.165) is 25.8 Å². The topological polar surface area (TPSA) is 64.2 Å². The van der Waals surface area contributed by atoms with Gasteiger partial charge in [0, 0.05) is 32.0 Å². The first-order chi connectivity index (χ1) is 9.69. The molecule has 0 spiro atoms. The maximum atomic E-state index is 12.5. The highest BCUT2D eigenvalue weighted by molar-refractivity contribution is 5.36. The van der Waals surface area contributed by atoms with Gasteiger partial charge in [-0.1, -0.05) is 19.8 Å². The number of aromatic nitrogens is 2. The number of hydrogen-bond donors (Lipinski definition) is 1. The van der Waals surface area contributed by atoms with Crippen molar-refractivity contribution in [3.63, 3.8) is 0 Å². The summed E-state index contributed by atoms with van der Waals surface area (Å²) in [6.45, 7) is 3.50. The molecule has 112 valence electrons. The second kappa shape index (κ2) is 6.88. The Morgan fingerprint density at radius 3 is 2.90 bits per heavy atom. The Kier molecular flexibility index (Phi) is 5.17. The third-order valence-electron chi connectivity index (χ3n) is 4.36. The molecule has 0 amide bonds. The van der Waals surface area contributed by atoms with Crippen LogP contribution in [0.4, 0.5) is 5.82 Å². The SMILES string of the molecule is CCCn1ccnc(N(C)C2CCCCC2CN)c1=O. The lowest BCUT2D eigenvalue weighted by Crippen LogP contribution is -2.46. The molecule has 1 aliphatic rings. The van der Waals surface area contributed by atoms with Gasteiger partial charge in [0.15, 0.2) is 5.82 Å². The van der Waals surface area contributed by atoms with Crippen LogP contribution in [-0.2, 0) is 6.54 Å². The molecule has 1 saturated carbocycles. The number of nitrogens with two attached hydrogens (primary N) is 1. The first-order valence-corrected chi connectivity index (χ1v) is 7.67. The van der Waals surface area contributed by atoms with Gasteiger partial charge in [0.1, 0.15) is 0 Å². The number of hydrogen-bond acceptors (Lipinski definition) is 4. The van der Waals surface area contributed by atoms with Gasteiger partial charge in [-0.05, 0) is 31.7 Å². The molecular weight excluding hydrogens is 252 g/mol. The van der Waals surface area contributed by atoms with Gasteiger partial charge in [-0.25, -0.2) is 4.98 Å². The van der Waals surface area contributed by atoms with Crippen LogP contribution in [0.3, 0.4) is 0 Å². The van der Waals surface area contributed by atoms with Crippen LogP contribution in [0, 0.1) is 5.92 Å². The van der Waals surface area contributed by atoms with Crippen molar-refractivity contribution in [2.45, 2.75) is 51.6 Å². The molecule has 1 aliphatic carbocycles. The van der Waals surface area contributed by atoms with E-state index in [1.165, 1.54) is 12.8 Å². The smallest absolute Gasteiger partial charge is 0.293 e. The second-order valence-corrected chi connectivity index (χ2v) is 5.71. The Morgan fingerprint density at radius 2 is 2.20 bits per heavy atom. The molecule has 5 nitrogen and oxygen atoms in total. The van der Waals surface area contributed by atoms with Crippen molar-refractivity contribution in [3.8, 4) is 0 Å². The fourth-order valence-corrected chi connectivity index (χ4v) is 3.22. The summed E-state index contributed by atoms with van der Waals surface area (Å²) in [5.74, 6) is 1.03. The van der Waals surface area contributed by atoms with Crippen LogP contribution in [0.1, 0.15) is 39.0 Å². The lowest BCUT2D eigenvalue weighted by Gasteiger charge is -2.37. The van der Waals surface area contributed by atoms with E-state index >= 15 is 0 Å². The highest BCUT2D eigenvalue weighted by Crippen LogP contribution is 2.28. The molecule has 1 aromatic rings. The van der Waals surface area contributed by atoms with Crippen LogP contribution in [-0.4, -0.2) is 29.2 Å². The first kappa shape index (κ1) is 15.0. The predicted octanol–water partition coefficient (Wildman–Crippen LogP) is 1.61. The molecule has 2 N–H and O–H groups in total. The monoisotopic (exact) mass is 278 g/mol. The zero-order valence-electron chi connectivity index (χ0n) is 12.6. The van der Waals surface area contributed by atoms with E-state index in [1.807, 2.05) is 7.05 Å². The van der Waals surface area contributed by atoms with E-state index in [-0.39, 0.29) is 5.56 Å². The van der Waals surface area contributed by atoms with E-state index in [9.17, 15) is 4.79 Å². The van der Waals surface area contributed by atoms with Crippen LogP contribution in [0.2, 0.25) is 0 Å². The van der Waals surface area contributed by atoms with Crippen molar-refractivity contribution in [2.24, 2.45) is 11.7 Å². The third-order valence-corrected chi connectivity index (χ3v) is 4.36. The molecular formula is C15H26N4O. The maximum absolute atomic E-state index is 12.5. The number of anilines is 1. The van der Waals surface area contributed by atoms with Crippen LogP contribution < -0.4 is 16.2 Å². The molecule has 0 bridgehead atoms. The largest absolute Gasteiger partial charge is 0.352 e. The molecule has 0 aromatic carbocycles. The summed E-state index contributed by atoms with van der Waals surface area (Å²) in [5.41, 5.74) is 5.91. The zero-order chi connectivity index (χ0) is 14.5. The van der Waals surface area contributed by atoms with E-state index in [4.69, 9.17) is 5.73 Å². The Labute approximate surface area is 120 Å². The Hall–Kier alpha value is -1.36. The van der Waals surface area contributed by atoms with Gasteiger partial charge < -0.3 is 15.2 Å². The van der Waals surface area contributed by atoms with E-state index in [1.54, 1.807) is 17.0 Å². The summed E-state index contributed by atoms with van der Waals surface area (Å²) in [5, 5.41) is 0. The molecule has 1 heterocycles. The van der Waals surface area contributed by atoms with Crippen molar-refractivity contribution in [3.05, 3.63) is 22.7 Å². The van der Waals surface area contributed by atoms with Crippen molar-refractivity contribution < 1.29 is 0 Å². The van der Waals surface area contributed by atoms with Crippen LogP contribution in [0.25, 0.3) is 0 Å². The van der Waals surface area contributed by atoms with Gasteiger partial charge in [-0.15, -0.1) is 0 Å². The van der Waals surface area contributed by atoms with Crippen LogP contribution in [0.5, 0.6) is 0 Å². The summed E-state index contributed by atoms with van der Waals surface area (Å²) in [7, 11) is 1.98. The lowest BCUT2D eigenvalue weighted by atomic mass is 9.84. The third kappa shape index (κ3) is 3.03. The van der Waals surface area contributed by atoms with Gasteiger partial charge >= 0.3 is 0 Å². The minimum atomic E-state index is 0.0122. The standard InChI is InChI=1S/C15H26N4O/c1-3-9-19-10-8-17-14(15(19)20)18(2)13-7-5-4-6-12(13)11-16/h8,10,12-13H,3-7,9,11,16H2,1-2H3. The fourth-order valence-electron chi connectivity index (χ4n) is 3.22. The molecule has 0 saturated heterocycles. The van der Waals surface area contributed by atoms with Crippen LogP contribution >= 0.6 is 0 Å². The summed E-state index contributed by atoms with van der Waals surface area (Å²) >= 11 is 0. The molecule has 0 aliphatic heterocycles. The highest BCUT2D eigenvalue weighted by atomic mass is 16.1. The molecule has 1 fully saturated rings. The van der Waals surface area contributed by atoms with Gasteiger partial charge in [0.2, 0.25) is 0 Å². The van der Waals surface area contributed by atoms with E-state index < -0.39 is 0 Å². The number of aryl methyl sites for hydroxylation is 1. The maximum Gasteiger partial charge on any atom is 0.293 e. The summed E-state index contributed by atoms with van der Waals surface area (Å²) in [4.78, 5) is 18.8. The van der Waals surface area contributed by atoms with Gasteiger partial charge in [0.25, 0.3) is 5.56 Å². The number of rotatable bonds is 5. The lowest BCUT2D eigenvalue weighted by molar-refractivity contribution is 0.305. The average Bonchev–Trinajstić information content (AvgIpc) is 2.49. The zero-order valence-corrected chi connectivity index (χ0v) is 12.6. The second-order valence-electron chi connectivity index (χ2n) is 5.71. The van der Waals surface area contributed by atoms with Gasteiger partial charge in [-0.3, -0.25) is 4.79 Å². The summed E-state index contributed by atoms with van der Waals surface area (Å²) < 4.78 is 1.75. The molecule has 2 unspecified atom stereocenters. The Morgan fingerprint density at radius 1 is 1.45 bits per heavy atom. The fraction of sp³-hybridized carbons (Fsp3) is 0.733. The van der Waals surface area contributed by atoms with Gasteiger partial charge in [0.05, 0.1) is 0 Å². The van der Waals surface area contributed by atoms with Crippen LogP contribution in [0.15, 0.2) is 17.2 Å². The average molecular weight is 278 g/mol. The summed E-state index contributed by atoms with van der Waals surface area (Å²) in [6, 6.07) is 0.339. The minimum Gasteiger partial charge on any atom is -0.352 e. The molecule has 0 radical (unpaired) electrons. The van der Waals surface area contributed by atoms with E-state index in [0.29, 0.717) is 24.3 Å². The van der Waals surface area contributed by atoms with Crippen molar-refractivity contribution >= 4 is 5.82 Å². The molecule has 2 rings (SSSR count). The Bertz CT molecular complexity index is 485. The molecule has 1 aromatic heterocycles. The van der Waals surface area contributed by atoms with Crippen molar-refractivity contribution in [2.75, 3.05) is 18.5 Å².